The van der Waals surface area contributed by atoms with Gasteiger partial charge in [-0.1, -0.05) is 24.4 Å². The van der Waals surface area contributed by atoms with Crippen molar-refractivity contribution in [3.63, 3.8) is 0 Å². The van der Waals surface area contributed by atoms with Crippen LogP contribution in [-0.2, 0) is 11.3 Å². The minimum Gasteiger partial charge on any atom is -0.459 e. The predicted octanol–water partition coefficient (Wildman–Crippen LogP) is 5.09. The van der Waals surface area contributed by atoms with E-state index >= 15 is 0 Å². The Morgan fingerprint density at radius 2 is 1.56 bits per heavy atom. The van der Waals surface area contributed by atoms with E-state index in [0.717, 1.165) is 54.9 Å². The van der Waals surface area contributed by atoms with Gasteiger partial charge >= 0.3 is 0 Å². The van der Waals surface area contributed by atoms with Gasteiger partial charge in [0.2, 0.25) is 5.95 Å². The zero-order valence-electron chi connectivity index (χ0n) is 20.2. The smallest absolute Gasteiger partial charge is 0.232 e. The Labute approximate surface area is 222 Å². The zero-order chi connectivity index (χ0) is 24.7. The molecule has 2 aromatic heterocycles. The number of aromatic nitrogens is 2. The molecule has 0 bridgehead atoms. The fourth-order valence-electron chi connectivity index (χ4n) is 4.45. The highest BCUT2D eigenvalue weighted by molar-refractivity contribution is 7.80. The summed E-state index contributed by atoms with van der Waals surface area (Å²) < 4.78 is 11.5. The predicted molar refractivity (Wildman–Crippen MR) is 148 cm³/mol. The second-order valence-electron chi connectivity index (χ2n) is 8.99. The molecule has 8 nitrogen and oxygen atoms in total. The van der Waals surface area contributed by atoms with Crippen molar-refractivity contribution in [3.05, 3.63) is 53.2 Å². The molecule has 2 N–H and O–H groups in total. The van der Waals surface area contributed by atoms with Gasteiger partial charge in [-0.3, -0.25) is 0 Å². The number of hydrogen-bond acceptors (Lipinski definition) is 7. The summed E-state index contributed by atoms with van der Waals surface area (Å²) in [4.78, 5) is 14.2. The quantitative estimate of drug-likeness (QED) is 0.427. The van der Waals surface area contributed by atoms with Crippen LogP contribution in [0.25, 0.3) is 11.3 Å². The normalized spacial score (nSPS) is 16.5. The van der Waals surface area contributed by atoms with Crippen LogP contribution in [0.2, 0.25) is 5.02 Å². The molecule has 0 amide bonds. The van der Waals surface area contributed by atoms with Crippen LogP contribution in [-0.4, -0.2) is 54.5 Å². The van der Waals surface area contributed by atoms with Crippen molar-refractivity contribution < 1.29 is 9.15 Å². The largest absolute Gasteiger partial charge is 0.459 e. The molecule has 0 saturated carbocycles. The number of benzene rings is 1. The molecule has 3 aromatic rings. The van der Waals surface area contributed by atoms with Crippen molar-refractivity contribution in [3.8, 4) is 11.3 Å². The summed E-state index contributed by atoms with van der Waals surface area (Å²) in [6.45, 7) is 5.49. The topological polar surface area (TPSA) is 78.7 Å². The maximum absolute atomic E-state index is 5.99. The Balaban J connectivity index is 1.26. The van der Waals surface area contributed by atoms with Gasteiger partial charge in [-0.25, -0.2) is 0 Å². The first-order chi connectivity index (χ1) is 17.6. The number of thiocarbonyl (C=S) groups is 1. The molecule has 36 heavy (non-hydrogen) atoms. The van der Waals surface area contributed by atoms with Crippen LogP contribution in [0.1, 0.15) is 31.4 Å². The molecule has 2 aliphatic rings. The number of anilines is 3. The lowest BCUT2D eigenvalue weighted by Crippen LogP contribution is -2.37. The molecule has 5 rings (SSSR count). The van der Waals surface area contributed by atoms with Crippen molar-refractivity contribution in [2.75, 3.05) is 54.5 Å². The van der Waals surface area contributed by atoms with E-state index in [0.29, 0.717) is 35.8 Å². The third-order valence-electron chi connectivity index (χ3n) is 6.40. The number of nitrogens with zero attached hydrogens (tertiary/aromatic N) is 4. The summed E-state index contributed by atoms with van der Waals surface area (Å²) in [7, 11) is 0. The molecule has 2 saturated heterocycles. The van der Waals surface area contributed by atoms with E-state index in [9.17, 15) is 0 Å². The third kappa shape index (κ3) is 6.46. The molecule has 2 aliphatic heterocycles. The van der Waals surface area contributed by atoms with Crippen molar-refractivity contribution in [1.29, 1.82) is 0 Å². The van der Waals surface area contributed by atoms with Gasteiger partial charge in [-0.2, -0.15) is 9.97 Å². The Bertz CT molecular complexity index is 1160. The molecule has 0 spiro atoms. The van der Waals surface area contributed by atoms with E-state index in [-0.39, 0.29) is 0 Å². The minimum atomic E-state index is 0.445. The van der Waals surface area contributed by atoms with Gasteiger partial charge in [0, 0.05) is 42.8 Å². The number of rotatable bonds is 6. The van der Waals surface area contributed by atoms with Crippen LogP contribution in [0.5, 0.6) is 0 Å². The lowest BCUT2D eigenvalue weighted by molar-refractivity contribution is 0.122. The van der Waals surface area contributed by atoms with Crippen LogP contribution in [0.15, 0.2) is 46.9 Å². The molecule has 0 aliphatic carbocycles. The third-order valence-corrected chi connectivity index (χ3v) is 6.90. The van der Waals surface area contributed by atoms with E-state index in [4.69, 9.17) is 42.9 Å². The summed E-state index contributed by atoms with van der Waals surface area (Å²) in [6, 6.07) is 13.5. The van der Waals surface area contributed by atoms with Gasteiger partial charge in [-0.05, 0) is 61.5 Å². The maximum Gasteiger partial charge on any atom is 0.232 e. The monoisotopic (exact) mass is 526 g/mol. The molecule has 0 unspecified atom stereocenters. The summed E-state index contributed by atoms with van der Waals surface area (Å²) in [5.74, 6) is 3.90. The van der Waals surface area contributed by atoms with Crippen molar-refractivity contribution in [2.24, 2.45) is 0 Å². The number of hydrogen-bond donors (Lipinski definition) is 2. The highest BCUT2D eigenvalue weighted by atomic mass is 35.5. The van der Waals surface area contributed by atoms with E-state index in [2.05, 4.69) is 26.5 Å². The second-order valence-corrected chi connectivity index (χ2v) is 9.83. The molecule has 10 heteroatoms. The zero-order valence-corrected chi connectivity index (χ0v) is 21.8. The summed E-state index contributed by atoms with van der Waals surface area (Å²) in [5, 5.41) is 7.54. The molecule has 0 radical (unpaired) electrons. The average Bonchev–Trinajstić information content (AvgIpc) is 3.21. The van der Waals surface area contributed by atoms with Gasteiger partial charge in [-0.15, -0.1) is 0 Å². The van der Waals surface area contributed by atoms with Crippen molar-refractivity contribution in [2.45, 2.75) is 32.2 Å². The summed E-state index contributed by atoms with van der Waals surface area (Å²) in [6.07, 6.45) is 4.90. The molecular formula is C26H31ClN6O2S. The van der Waals surface area contributed by atoms with Crippen LogP contribution in [0, 0.1) is 0 Å². The number of halogens is 1. The number of nitrogens with one attached hydrogen (secondary N) is 2. The first-order valence-corrected chi connectivity index (χ1v) is 13.3. The second kappa shape index (κ2) is 11.9. The van der Waals surface area contributed by atoms with Gasteiger partial charge < -0.3 is 29.6 Å². The Morgan fingerprint density at radius 3 is 2.25 bits per heavy atom. The van der Waals surface area contributed by atoms with Gasteiger partial charge in [0.25, 0.3) is 0 Å². The molecule has 4 heterocycles. The Kier molecular flexibility index (Phi) is 8.20. The van der Waals surface area contributed by atoms with E-state index < -0.39 is 0 Å². The van der Waals surface area contributed by atoms with E-state index in [1.54, 1.807) is 0 Å². The highest BCUT2D eigenvalue weighted by Crippen LogP contribution is 2.25. The molecule has 0 atom stereocenters. The summed E-state index contributed by atoms with van der Waals surface area (Å²) in [5.41, 5.74) is 0.973. The first kappa shape index (κ1) is 24.8. The maximum atomic E-state index is 5.99. The molecule has 190 valence electrons. The van der Waals surface area contributed by atoms with Crippen molar-refractivity contribution in [1.82, 2.24) is 15.3 Å². The van der Waals surface area contributed by atoms with E-state index in [1.807, 2.05) is 36.4 Å². The molecule has 2 fully saturated rings. The van der Waals surface area contributed by atoms with Gasteiger partial charge in [0.05, 0.1) is 19.8 Å². The Morgan fingerprint density at radius 1 is 0.889 bits per heavy atom. The standard InChI is InChI=1S/C26H31ClN6O2S/c27-20-7-5-19(6-8-20)22-10-9-21(35-22)18-28-26(36)31-25-29-23(32-11-3-1-2-4-12-32)17-24(30-25)33-13-15-34-16-14-33/h5-10,17H,1-4,11-16,18H2,(H2,28,29,30,31,36). The fourth-order valence-corrected chi connectivity index (χ4v) is 4.74. The number of furan rings is 1. The number of ether oxygens (including phenoxy) is 1. The lowest BCUT2D eigenvalue weighted by atomic mass is 10.2. The van der Waals surface area contributed by atoms with Gasteiger partial charge in [0.15, 0.2) is 5.11 Å². The van der Waals surface area contributed by atoms with E-state index in [1.165, 1.54) is 25.7 Å². The van der Waals surface area contributed by atoms with Crippen LogP contribution < -0.4 is 20.4 Å². The average molecular weight is 527 g/mol. The van der Waals surface area contributed by atoms with Crippen molar-refractivity contribution >= 4 is 46.5 Å². The fraction of sp³-hybridized carbons (Fsp3) is 0.423. The van der Waals surface area contributed by atoms with Crippen LogP contribution >= 0.6 is 23.8 Å². The van der Waals surface area contributed by atoms with Crippen LogP contribution in [0.4, 0.5) is 17.6 Å². The SMILES string of the molecule is S=C(NCc1ccc(-c2ccc(Cl)cc2)o1)Nc1nc(N2CCCCCC2)cc(N2CCOCC2)n1. The summed E-state index contributed by atoms with van der Waals surface area (Å²) >= 11 is 11.6. The Hall–Kier alpha value is -2.88. The molecular weight excluding hydrogens is 496 g/mol. The minimum absolute atomic E-state index is 0.445. The van der Waals surface area contributed by atoms with Gasteiger partial charge in [0.1, 0.15) is 23.2 Å². The molecule has 1 aromatic carbocycles. The highest BCUT2D eigenvalue weighted by Gasteiger charge is 2.19. The number of morpholine rings is 1. The van der Waals surface area contributed by atoms with Crippen LogP contribution in [0.3, 0.4) is 0 Å². The lowest BCUT2D eigenvalue weighted by Gasteiger charge is -2.29. The first-order valence-electron chi connectivity index (χ1n) is 12.5.